The van der Waals surface area contributed by atoms with Gasteiger partial charge >= 0.3 is 0 Å². The van der Waals surface area contributed by atoms with E-state index in [1.165, 1.54) is 43.2 Å². The molecule has 10 aromatic carbocycles. The first-order valence-corrected chi connectivity index (χ1v) is 20.2. The molecule has 0 radical (unpaired) electrons. The van der Waals surface area contributed by atoms with Crippen molar-refractivity contribution in [3.63, 3.8) is 0 Å². The zero-order valence-corrected chi connectivity index (χ0v) is 31.8. The van der Waals surface area contributed by atoms with Crippen LogP contribution in [0.2, 0.25) is 0 Å². The minimum absolute atomic E-state index is 0.117. The van der Waals surface area contributed by atoms with E-state index in [0.717, 1.165) is 73.0 Å². The van der Waals surface area contributed by atoms with E-state index in [0.29, 0.717) is 0 Å². The van der Waals surface area contributed by atoms with Gasteiger partial charge in [0.15, 0.2) is 5.75 Å². The van der Waals surface area contributed by atoms with Gasteiger partial charge in [0, 0.05) is 39.0 Å². The Morgan fingerprint density at radius 3 is 1.68 bits per heavy atom. The Morgan fingerprint density at radius 1 is 0.373 bits per heavy atom. The third-order valence-corrected chi connectivity index (χ3v) is 12.4. The first kappa shape index (κ1) is 32.3. The lowest BCUT2D eigenvalue weighted by molar-refractivity contribution is 0.468. The van der Waals surface area contributed by atoms with E-state index < -0.39 is 0 Å². The van der Waals surface area contributed by atoms with Gasteiger partial charge in [-0.15, -0.1) is 0 Å². The molecule has 0 bridgehead atoms. The van der Waals surface area contributed by atoms with Gasteiger partial charge in [0.2, 0.25) is 0 Å². The molecule has 13 rings (SSSR count). The molecule has 0 spiro atoms. The molecule has 2 aliphatic rings. The van der Waals surface area contributed by atoms with Gasteiger partial charge in [-0.2, -0.15) is 0 Å². The summed E-state index contributed by atoms with van der Waals surface area (Å²) in [5.74, 6) is 3.42. The molecule has 0 amide bonds. The number of benzene rings is 10. The van der Waals surface area contributed by atoms with Gasteiger partial charge in [0.05, 0.1) is 11.0 Å². The highest BCUT2D eigenvalue weighted by atomic mass is 16.5. The van der Waals surface area contributed by atoms with Crippen molar-refractivity contribution < 1.29 is 9.47 Å². The highest BCUT2D eigenvalue weighted by Gasteiger charge is 2.44. The monoisotopic (exact) mass is 752 g/mol. The summed E-state index contributed by atoms with van der Waals surface area (Å²) in [6, 6.07) is 71.7. The van der Waals surface area contributed by atoms with Crippen molar-refractivity contribution >= 4 is 94.3 Å². The number of hydrogen-bond acceptors (Lipinski definition) is 3. The van der Waals surface area contributed by atoms with E-state index in [2.05, 4.69) is 210 Å². The number of ether oxygens (including phenoxy) is 2. The van der Waals surface area contributed by atoms with Gasteiger partial charge in [0.25, 0.3) is 6.71 Å². The van der Waals surface area contributed by atoms with Crippen molar-refractivity contribution in [3.05, 3.63) is 200 Å². The molecule has 11 aromatic rings. The van der Waals surface area contributed by atoms with Crippen LogP contribution < -0.4 is 30.8 Å². The molecule has 0 atom stereocenters. The highest BCUT2D eigenvalue weighted by Crippen LogP contribution is 2.47. The quantitative estimate of drug-likeness (QED) is 0.168. The second kappa shape index (κ2) is 12.4. The number of fused-ring (bicyclic) bond motifs is 13. The molecule has 2 aliphatic heterocycles. The maximum absolute atomic E-state index is 7.31. The summed E-state index contributed by atoms with van der Waals surface area (Å²) in [4.78, 5) is 2.35. The molecule has 0 aliphatic carbocycles. The van der Waals surface area contributed by atoms with Crippen LogP contribution in [0.25, 0.3) is 59.8 Å². The van der Waals surface area contributed by atoms with Crippen LogP contribution in [0.1, 0.15) is 0 Å². The van der Waals surface area contributed by atoms with Crippen LogP contribution in [-0.4, -0.2) is 11.3 Å². The average molecular weight is 753 g/mol. The van der Waals surface area contributed by atoms with E-state index in [1.54, 1.807) is 0 Å². The highest BCUT2D eigenvalue weighted by molar-refractivity contribution is 7.01. The lowest BCUT2D eigenvalue weighted by atomic mass is 9.33. The third kappa shape index (κ3) is 4.73. The molecule has 0 saturated carbocycles. The molecule has 3 heterocycles. The summed E-state index contributed by atoms with van der Waals surface area (Å²) in [5.41, 5.74) is 9.82. The Kier molecular flexibility index (Phi) is 6.78. The van der Waals surface area contributed by atoms with Crippen LogP contribution in [0.3, 0.4) is 0 Å². The number of nitrogens with zero attached hydrogens (tertiary/aromatic N) is 2. The Labute approximate surface area is 340 Å². The van der Waals surface area contributed by atoms with Crippen molar-refractivity contribution in [2.75, 3.05) is 4.90 Å². The van der Waals surface area contributed by atoms with Gasteiger partial charge in [0.1, 0.15) is 17.2 Å². The van der Waals surface area contributed by atoms with E-state index in [1.807, 2.05) is 0 Å². The zero-order valence-electron chi connectivity index (χ0n) is 31.8. The minimum atomic E-state index is -0.117. The fraction of sp³-hybridized carbons (Fsp3) is 0. The van der Waals surface area contributed by atoms with E-state index in [9.17, 15) is 0 Å². The van der Waals surface area contributed by atoms with Crippen molar-refractivity contribution in [3.8, 4) is 28.7 Å². The van der Waals surface area contributed by atoms with Crippen LogP contribution in [0.5, 0.6) is 23.0 Å². The summed E-state index contributed by atoms with van der Waals surface area (Å²) in [6.45, 7) is -0.117. The van der Waals surface area contributed by atoms with Gasteiger partial charge in [-0.1, -0.05) is 133 Å². The van der Waals surface area contributed by atoms with Crippen molar-refractivity contribution in [1.82, 2.24) is 4.57 Å². The van der Waals surface area contributed by atoms with Crippen molar-refractivity contribution in [2.45, 2.75) is 0 Å². The molecule has 0 N–H and O–H groups in total. The Hall–Kier alpha value is -7.76. The molecule has 0 unspecified atom stereocenters. The van der Waals surface area contributed by atoms with E-state index >= 15 is 0 Å². The second-order valence-corrected chi connectivity index (χ2v) is 15.6. The second-order valence-electron chi connectivity index (χ2n) is 15.6. The number of para-hydroxylation sites is 2. The Morgan fingerprint density at radius 2 is 0.949 bits per heavy atom. The Balaban J connectivity index is 1.13. The van der Waals surface area contributed by atoms with Crippen molar-refractivity contribution in [1.29, 1.82) is 0 Å². The molecule has 59 heavy (non-hydrogen) atoms. The molecule has 1 aromatic heterocycles. The topological polar surface area (TPSA) is 26.6 Å². The first-order chi connectivity index (χ1) is 29.3. The number of aromatic nitrogens is 1. The number of hydrogen-bond donors (Lipinski definition) is 0. The summed E-state index contributed by atoms with van der Waals surface area (Å²) in [5, 5.41) is 9.37. The third-order valence-electron chi connectivity index (χ3n) is 12.4. The maximum atomic E-state index is 7.31. The zero-order chi connectivity index (χ0) is 38.6. The summed E-state index contributed by atoms with van der Waals surface area (Å²) < 4.78 is 16.8. The Bertz CT molecular complexity index is 3480. The normalized spacial score (nSPS) is 12.6. The summed E-state index contributed by atoms with van der Waals surface area (Å²) in [7, 11) is 0. The SMILES string of the molecule is c1ccc(N(c2ccc3ccccc3c2)c2ccc3c4cc5c6c(c4n(-c4ccccc4)c3c2)Oc2ccc3ccccc3c2B6c2c(ccc3ccccc23)O5)cc1. The largest absolute Gasteiger partial charge is 0.458 e. The van der Waals surface area contributed by atoms with E-state index in [-0.39, 0.29) is 6.71 Å². The van der Waals surface area contributed by atoms with Gasteiger partial charge < -0.3 is 18.9 Å². The summed E-state index contributed by atoms with van der Waals surface area (Å²) >= 11 is 0. The summed E-state index contributed by atoms with van der Waals surface area (Å²) in [6.07, 6.45) is 0. The lowest BCUT2D eigenvalue weighted by Crippen LogP contribution is -2.58. The van der Waals surface area contributed by atoms with Crippen LogP contribution in [0.15, 0.2) is 200 Å². The average Bonchev–Trinajstić information content (AvgIpc) is 3.62. The van der Waals surface area contributed by atoms with E-state index in [4.69, 9.17) is 9.47 Å². The van der Waals surface area contributed by atoms with Crippen molar-refractivity contribution in [2.24, 2.45) is 0 Å². The molecule has 0 saturated heterocycles. The maximum Gasteiger partial charge on any atom is 0.262 e. The first-order valence-electron chi connectivity index (χ1n) is 20.2. The molecule has 5 heteroatoms. The molecule has 274 valence electrons. The molecule has 0 fully saturated rings. The predicted octanol–water partition coefficient (Wildman–Crippen LogP) is 12.4. The van der Waals surface area contributed by atoms with Gasteiger partial charge in [-0.25, -0.2) is 0 Å². The van der Waals surface area contributed by atoms with Crippen LogP contribution in [0.4, 0.5) is 17.1 Å². The number of anilines is 3. The number of rotatable bonds is 4. The van der Waals surface area contributed by atoms with Gasteiger partial charge in [-0.3, -0.25) is 0 Å². The lowest BCUT2D eigenvalue weighted by Gasteiger charge is -2.35. The standard InChI is InChI=1S/C54H33BN2O2/c1-3-17-38(18-4-1)56(40-26-23-34-13-7-8-16-37(34)31-40)41-27-28-44-45-33-49-52-54(53(45)57(46(44)32-41)39-19-5-2-6-20-39)59-48-30-25-36-15-10-12-22-43(36)51(48)55(52)50-42-21-11-9-14-35(42)24-29-47(50)58-49/h1-33H. The fourth-order valence-electron chi connectivity index (χ4n) is 9.89. The minimum Gasteiger partial charge on any atom is -0.458 e. The fourth-order valence-corrected chi connectivity index (χ4v) is 9.89. The van der Waals surface area contributed by atoms with Crippen LogP contribution in [-0.2, 0) is 0 Å². The smallest absolute Gasteiger partial charge is 0.262 e. The van der Waals surface area contributed by atoms with Gasteiger partial charge in [-0.05, 0) is 110 Å². The predicted molar refractivity (Wildman–Crippen MR) is 246 cm³/mol. The van der Waals surface area contributed by atoms with Crippen LogP contribution >= 0.6 is 0 Å². The molecule has 4 nitrogen and oxygen atoms in total. The van der Waals surface area contributed by atoms with Crippen LogP contribution in [0, 0.1) is 0 Å². The molecular weight excluding hydrogens is 719 g/mol. The molecular formula is C54H33BN2O2.